The van der Waals surface area contributed by atoms with Crippen molar-refractivity contribution in [2.75, 3.05) is 11.5 Å². The molecule has 0 aliphatic carbocycles. The van der Waals surface area contributed by atoms with E-state index in [9.17, 15) is 0 Å². The first kappa shape index (κ1) is 10.9. The van der Waals surface area contributed by atoms with E-state index >= 15 is 0 Å². The smallest absolute Gasteiger partial charge is 0.0514 e. The fraction of sp³-hybridized carbons (Fsp3) is 0.545. The average Bonchev–Trinajstić information content (AvgIpc) is 2.75. The van der Waals surface area contributed by atoms with Crippen molar-refractivity contribution >= 4 is 11.8 Å². The molecule has 3 nitrogen and oxygen atoms in total. The van der Waals surface area contributed by atoms with Crippen LogP contribution in [-0.2, 0) is 0 Å². The van der Waals surface area contributed by atoms with Gasteiger partial charge in [-0.05, 0) is 48.0 Å². The molecule has 1 aliphatic rings. The van der Waals surface area contributed by atoms with Gasteiger partial charge < -0.3 is 0 Å². The lowest BCUT2D eigenvalue weighted by Crippen LogP contribution is -2.34. The summed E-state index contributed by atoms with van der Waals surface area (Å²) in [5.74, 6) is 8.76. The van der Waals surface area contributed by atoms with E-state index in [0.29, 0.717) is 5.92 Å². The molecule has 3 N–H and O–H groups in total. The highest BCUT2D eigenvalue weighted by Gasteiger charge is 2.26. The van der Waals surface area contributed by atoms with Crippen molar-refractivity contribution in [1.82, 2.24) is 10.4 Å². The predicted molar refractivity (Wildman–Crippen MR) is 64.5 cm³/mol. The lowest BCUT2D eigenvalue weighted by atomic mass is 9.92. The molecule has 0 spiro atoms. The van der Waals surface area contributed by atoms with Gasteiger partial charge in [-0.1, -0.05) is 0 Å². The number of nitrogens with zero attached hydrogens (tertiary/aromatic N) is 1. The van der Waals surface area contributed by atoms with E-state index in [0.717, 1.165) is 0 Å². The topological polar surface area (TPSA) is 50.9 Å². The van der Waals surface area contributed by atoms with Gasteiger partial charge in [0.1, 0.15) is 0 Å². The van der Waals surface area contributed by atoms with Gasteiger partial charge in [-0.25, -0.2) is 0 Å². The number of hydrogen-bond donors (Lipinski definition) is 2. The largest absolute Gasteiger partial charge is 0.271 e. The summed E-state index contributed by atoms with van der Waals surface area (Å²) in [5, 5.41) is 0. The summed E-state index contributed by atoms with van der Waals surface area (Å²) in [6, 6.07) is 2.30. The predicted octanol–water partition coefficient (Wildman–Crippen LogP) is 1.65. The minimum Gasteiger partial charge on any atom is -0.271 e. The van der Waals surface area contributed by atoms with Crippen molar-refractivity contribution in [3.63, 3.8) is 0 Å². The Kier molecular flexibility index (Phi) is 3.61. The number of nitrogens with one attached hydrogen (secondary N) is 1. The number of nitrogens with two attached hydrogens (primary N) is 1. The molecule has 0 aromatic carbocycles. The third kappa shape index (κ3) is 2.33. The number of aryl methyl sites for hydroxylation is 1. The number of rotatable bonds is 3. The minimum atomic E-state index is 0.258. The molecule has 15 heavy (non-hydrogen) atoms. The van der Waals surface area contributed by atoms with Crippen LogP contribution in [-0.4, -0.2) is 16.5 Å². The van der Waals surface area contributed by atoms with Crippen molar-refractivity contribution in [2.24, 2.45) is 11.8 Å². The highest BCUT2D eigenvalue weighted by molar-refractivity contribution is 7.99. The second-order valence-corrected chi connectivity index (χ2v) is 5.15. The van der Waals surface area contributed by atoms with Gasteiger partial charge in [0.2, 0.25) is 0 Å². The van der Waals surface area contributed by atoms with Crippen LogP contribution in [0.1, 0.15) is 23.6 Å². The van der Waals surface area contributed by atoms with Gasteiger partial charge in [0.25, 0.3) is 0 Å². The Morgan fingerprint density at radius 3 is 3.13 bits per heavy atom. The molecular formula is C11H17N3S. The van der Waals surface area contributed by atoms with Crippen molar-refractivity contribution in [2.45, 2.75) is 19.4 Å². The molecule has 0 amide bonds. The Morgan fingerprint density at radius 2 is 2.53 bits per heavy atom. The fourth-order valence-corrected chi connectivity index (χ4v) is 3.40. The van der Waals surface area contributed by atoms with Crippen LogP contribution in [0.3, 0.4) is 0 Å². The summed E-state index contributed by atoms with van der Waals surface area (Å²) in [6.07, 6.45) is 5.01. The van der Waals surface area contributed by atoms with E-state index in [4.69, 9.17) is 5.84 Å². The normalized spacial score (nSPS) is 22.9. The Labute approximate surface area is 94.8 Å². The molecule has 2 heterocycles. The van der Waals surface area contributed by atoms with Crippen LogP contribution in [0, 0.1) is 12.8 Å². The molecule has 0 radical (unpaired) electrons. The van der Waals surface area contributed by atoms with E-state index in [1.807, 2.05) is 30.2 Å². The molecular weight excluding hydrogens is 206 g/mol. The van der Waals surface area contributed by atoms with Crippen LogP contribution in [0.4, 0.5) is 0 Å². The van der Waals surface area contributed by atoms with Crippen LogP contribution < -0.4 is 11.3 Å². The third-order valence-electron chi connectivity index (χ3n) is 3.03. The van der Waals surface area contributed by atoms with Gasteiger partial charge in [-0.15, -0.1) is 0 Å². The Balaban J connectivity index is 2.22. The van der Waals surface area contributed by atoms with Gasteiger partial charge in [-0.3, -0.25) is 16.3 Å². The van der Waals surface area contributed by atoms with Crippen molar-refractivity contribution in [3.05, 3.63) is 29.6 Å². The van der Waals surface area contributed by atoms with E-state index < -0.39 is 0 Å². The summed E-state index contributed by atoms with van der Waals surface area (Å²) in [6.45, 7) is 2.11. The maximum Gasteiger partial charge on any atom is 0.0514 e. The molecule has 1 aliphatic heterocycles. The van der Waals surface area contributed by atoms with Gasteiger partial charge in [-0.2, -0.15) is 11.8 Å². The van der Waals surface area contributed by atoms with Gasteiger partial charge in [0, 0.05) is 12.4 Å². The second-order valence-electron chi connectivity index (χ2n) is 4.00. The van der Waals surface area contributed by atoms with E-state index in [2.05, 4.69) is 17.3 Å². The fourth-order valence-electron chi connectivity index (χ4n) is 2.10. The molecule has 0 saturated carbocycles. The molecule has 1 saturated heterocycles. The first-order chi connectivity index (χ1) is 7.33. The monoisotopic (exact) mass is 223 g/mol. The Bertz CT molecular complexity index is 323. The lowest BCUT2D eigenvalue weighted by molar-refractivity contribution is 0.398. The lowest BCUT2D eigenvalue weighted by Gasteiger charge is -2.23. The zero-order valence-corrected chi connectivity index (χ0v) is 9.76. The third-order valence-corrected chi connectivity index (χ3v) is 4.22. The molecule has 0 bridgehead atoms. The number of pyridine rings is 1. The van der Waals surface area contributed by atoms with Crippen molar-refractivity contribution < 1.29 is 0 Å². The van der Waals surface area contributed by atoms with E-state index in [-0.39, 0.29) is 6.04 Å². The maximum absolute atomic E-state index is 5.67. The maximum atomic E-state index is 5.67. The number of aromatic nitrogens is 1. The Morgan fingerprint density at radius 1 is 1.67 bits per heavy atom. The summed E-state index contributed by atoms with van der Waals surface area (Å²) in [4.78, 5) is 4.18. The van der Waals surface area contributed by atoms with Gasteiger partial charge >= 0.3 is 0 Å². The summed E-state index contributed by atoms with van der Waals surface area (Å²) >= 11 is 2.01. The number of hydrogen-bond acceptors (Lipinski definition) is 4. The van der Waals surface area contributed by atoms with Crippen LogP contribution in [0.2, 0.25) is 0 Å². The summed E-state index contributed by atoms with van der Waals surface area (Å²) in [7, 11) is 0. The molecule has 2 rings (SSSR count). The van der Waals surface area contributed by atoms with Gasteiger partial charge in [0.05, 0.1) is 6.04 Å². The van der Waals surface area contributed by atoms with E-state index in [1.54, 1.807) is 0 Å². The standard InChI is InChI=1S/C11H17N3S/c1-8-2-4-13-6-10(8)11(14-12)9-3-5-15-7-9/h2,4,6,9,11,14H,3,5,7,12H2,1H3. The number of hydrazine groups is 1. The molecule has 1 aromatic rings. The van der Waals surface area contributed by atoms with Crippen molar-refractivity contribution in [1.29, 1.82) is 0 Å². The first-order valence-electron chi connectivity index (χ1n) is 5.27. The summed E-state index contributed by atoms with van der Waals surface area (Å²) < 4.78 is 0. The van der Waals surface area contributed by atoms with Crippen molar-refractivity contribution in [3.8, 4) is 0 Å². The molecule has 1 fully saturated rings. The SMILES string of the molecule is Cc1ccncc1C(NN)C1CCSC1. The summed E-state index contributed by atoms with van der Waals surface area (Å²) in [5.41, 5.74) is 5.46. The highest BCUT2D eigenvalue weighted by Crippen LogP contribution is 2.34. The molecule has 2 atom stereocenters. The van der Waals surface area contributed by atoms with Crippen LogP contribution in [0.5, 0.6) is 0 Å². The second kappa shape index (κ2) is 4.96. The number of thioether (sulfide) groups is 1. The van der Waals surface area contributed by atoms with Gasteiger partial charge in [0.15, 0.2) is 0 Å². The Hall–Kier alpha value is -0.580. The molecule has 1 aromatic heterocycles. The van der Waals surface area contributed by atoms with Crippen LogP contribution in [0.15, 0.2) is 18.5 Å². The minimum absolute atomic E-state index is 0.258. The first-order valence-corrected chi connectivity index (χ1v) is 6.42. The zero-order chi connectivity index (χ0) is 10.7. The zero-order valence-electron chi connectivity index (χ0n) is 8.94. The molecule has 82 valence electrons. The molecule has 2 unspecified atom stereocenters. The highest BCUT2D eigenvalue weighted by atomic mass is 32.2. The average molecular weight is 223 g/mol. The molecule has 4 heteroatoms. The van der Waals surface area contributed by atoms with E-state index in [1.165, 1.54) is 29.1 Å². The quantitative estimate of drug-likeness (QED) is 0.604. The van der Waals surface area contributed by atoms with Crippen LogP contribution in [0.25, 0.3) is 0 Å². The van der Waals surface area contributed by atoms with Crippen LogP contribution >= 0.6 is 11.8 Å².